The number of hydrogen-bond acceptors (Lipinski definition) is 4. The van der Waals surface area contributed by atoms with Gasteiger partial charge in [-0.25, -0.2) is 0 Å². The third-order valence-corrected chi connectivity index (χ3v) is 3.28. The first kappa shape index (κ1) is 13.8. The fourth-order valence-electron chi connectivity index (χ4n) is 2.31. The second kappa shape index (κ2) is 5.59. The molecule has 1 amide bonds. The molecule has 1 aliphatic heterocycles. The van der Waals surface area contributed by atoms with Crippen LogP contribution < -0.4 is 10.1 Å². The van der Waals surface area contributed by atoms with Crippen molar-refractivity contribution in [3.63, 3.8) is 0 Å². The van der Waals surface area contributed by atoms with E-state index in [2.05, 4.69) is 5.32 Å². The molecule has 0 aliphatic carbocycles. The molecule has 1 unspecified atom stereocenters. The average Bonchev–Trinajstić information content (AvgIpc) is 2.69. The zero-order chi connectivity index (χ0) is 13.9. The van der Waals surface area contributed by atoms with E-state index in [-0.39, 0.29) is 12.5 Å². The highest BCUT2D eigenvalue weighted by molar-refractivity contribution is 5.93. The Balaban J connectivity index is 1.91. The van der Waals surface area contributed by atoms with Crippen molar-refractivity contribution in [2.75, 3.05) is 32.1 Å². The Bertz CT molecular complexity index is 460. The van der Waals surface area contributed by atoms with Gasteiger partial charge in [-0.2, -0.15) is 0 Å². The van der Waals surface area contributed by atoms with Gasteiger partial charge in [-0.15, -0.1) is 0 Å². The molecule has 19 heavy (non-hydrogen) atoms. The number of anilines is 1. The first-order chi connectivity index (χ1) is 9.00. The monoisotopic (exact) mass is 264 g/mol. The minimum atomic E-state index is -0.676. The molecule has 1 atom stereocenters. The summed E-state index contributed by atoms with van der Waals surface area (Å²) in [7, 11) is 1.57. The summed E-state index contributed by atoms with van der Waals surface area (Å²) in [5.41, 5.74) is -0.00832. The SMILES string of the molecule is COc1ccccc1NC(=O)CN1CCC(C)(O)C1. The fraction of sp³-hybridized carbons (Fsp3) is 0.500. The van der Waals surface area contributed by atoms with E-state index >= 15 is 0 Å². The van der Waals surface area contributed by atoms with Crippen LogP contribution in [0.5, 0.6) is 5.75 Å². The number of likely N-dealkylation sites (tertiary alicyclic amines) is 1. The van der Waals surface area contributed by atoms with E-state index in [4.69, 9.17) is 4.74 Å². The number of amides is 1. The van der Waals surface area contributed by atoms with Gasteiger partial charge in [0, 0.05) is 13.1 Å². The molecular weight excluding hydrogens is 244 g/mol. The Morgan fingerprint density at radius 2 is 2.26 bits per heavy atom. The maximum absolute atomic E-state index is 12.0. The van der Waals surface area contributed by atoms with Crippen LogP contribution in [0.15, 0.2) is 24.3 Å². The zero-order valence-electron chi connectivity index (χ0n) is 11.3. The number of methoxy groups -OCH3 is 1. The summed E-state index contributed by atoms with van der Waals surface area (Å²) in [6.45, 7) is 3.36. The van der Waals surface area contributed by atoms with Gasteiger partial charge in [0.05, 0.1) is 24.9 Å². The van der Waals surface area contributed by atoms with Gasteiger partial charge in [0.1, 0.15) is 5.75 Å². The standard InChI is InChI=1S/C14H20N2O3/c1-14(18)7-8-16(10-14)9-13(17)15-11-5-3-4-6-12(11)19-2/h3-6,18H,7-10H2,1-2H3,(H,15,17). The van der Waals surface area contributed by atoms with Gasteiger partial charge in [-0.3, -0.25) is 9.69 Å². The van der Waals surface area contributed by atoms with Gasteiger partial charge < -0.3 is 15.2 Å². The van der Waals surface area contributed by atoms with Crippen LogP contribution in [-0.2, 0) is 4.79 Å². The van der Waals surface area contributed by atoms with Crippen LogP contribution in [0.4, 0.5) is 5.69 Å². The number of β-amino-alcohol motifs (C(OH)–C–C–N with tert-alkyl or cyclic N) is 1. The van der Waals surface area contributed by atoms with Crippen molar-refractivity contribution in [3.05, 3.63) is 24.3 Å². The Labute approximate surface area is 113 Å². The van der Waals surface area contributed by atoms with Crippen LogP contribution in [0.25, 0.3) is 0 Å². The maximum atomic E-state index is 12.0. The Kier molecular flexibility index (Phi) is 4.07. The minimum absolute atomic E-state index is 0.0952. The largest absolute Gasteiger partial charge is 0.495 e. The molecule has 1 aromatic rings. The molecule has 5 nitrogen and oxygen atoms in total. The lowest BCUT2D eigenvalue weighted by molar-refractivity contribution is -0.117. The van der Waals surface area contributed by atoms with Crippen LogP contribution in [0, 0.1) is 0 Å². The number of carbonyl (C=O) groups excluding carboxylic acids is 1. The molecule has 0 bridgehead atoms. The second-order valence-corrected chi connectivity index (χ2v) is 5.21. The smallest absolute Gasteiger partial charge is 0.238 e. The van der Waals surface area contributed by atoms with E-state index in [0.717, 1.165) is 6.54 Å². The molecule has 2 N–H and O–H groups in total. The summed E-state index contributed by atoms with van der Waals surface area (Å²) in [5, 5.41) is 12.7. The van der Waals surface area contributed by atoms with Crippen molar-refractivity contribution in [3.8, 4) is 5.75 Å². The number of carbonyl (C=O) groups is 1. The summed E-state index contributed by atoms with van der Waals surface area (Å²) in [6, 6.07) is 7.30. The Morgan fingerprint density at radius 1 is 1.53 bits per heavy atom. The molecule has 0 aromatic heterocycles. The number of hydrogen-bond donors (Lipinski definition) is 2. The second-order valence-electron chi connectivity index (χ2n) is 5.21. The van der Waals surface area contributed by atoms with E-state index in [0.29, 0.717) is 24.4 Å². The normalized spacial score (nSPS) is 23.3. The first-order valence-electron chi connectivity index (χ1n) is 6.38. The van der Waals surface area contributed by atoms with Crippen molar-refractivity contribution in [2.24, 2.45) is 0 Å². The van der Waals surface area contributed by atoms with Crippen molar-refractivity contribution >= 4 is 11.6 Å². The number of nitrogens with one attached hydrogen (secondary N) is 1. The predicted molar refractivity (Wildman–Crippen MR) is 73.3 cm³/mol. The van der Waals surface area contributed by atoms with E-state index < -0.39 is 5.60 Å². The lowest BCUT2D eigenvalue weighted by Crippen LogP contribution is -2.35. The van der Waals surface area contributed by atoms with Crippen LogP contribution in [0.1, 0.15) is 13.3 Å². The van der Waals surface area contributed by atoms with Crippen molar-refractivity contribution in [2.45, 2.75) is 18.9 Å². The van der Waals surface area contributed by atoms with E-state index in [1.54, 1.807) is 26.2 Å². The van der Waals surface area contributed by atoms with Gasteiger partial charge in [-0.05, 0) is 25.5 Å². The van der Waals surface area contributed by atoms with Crippen molar-refractivity contribution in [1.82, 2.24) is 4.90 Å². The molecule has 5 heteroatoms. The molecule has 1 saturated heterocycles. The molecule has 1 heterocycles. The van der Waals surface area contributed by atoms with Gasteiger partial charge in [0.25, 0.3) is 0 Å². The Morgan fingerprint density at radius 3 is 2.89 bits per heavy atom. The fourth-order valence-corrected chi connectivity index (χ4v) is 2.31. The zero-order valence-corrected chi connectivity index (χ0v) is 11.3. The highest BCUT2D eigenvalue weighted by atomic mass is 16.5. The topological polar surface area (TPSA) is 61.8 Å². The minimum Gasteiger partial charge on any atom is -0.495 e. The van der Waals surface area contributed by atoms with Crippen molar-refractivity contribution < 1.29 is 14.6 Å². The molecule has 2 rings (SSSR count). The summed E-state index contributed by atoms with van der Waals surface area (Å²) in [6.07, 6.45) is 0.703. The number of ether oxygens (including phenoxy) is 1. The molecule has 104 valence electrons. The third kappa shape index (κ3) is 3.68. The number of benzene rings is 1. The molecule has 1 aromatic carbocycles. The van der Waals surface area contributed by atoms with Gasteiger partial charge >= 0.3 is 0 Å². The van der Waals surface area contributed by atoms with E-state index in [9.17, 15) is 9.90 Å². The molecule has 0 saturated carbocycles. The number of para-hydroxylation sites is 2. The molecule has 0 spiro atoms. The van der Waals surface area contributed by atoms with E-state index in [1.807, 2.05) is 17.0 Å². The molecule has 1 aliphatic rings. The van der Waals surface area contributed by atoms with Crippen LogP contribution in [0.2, 0.25) is 0 Å². The third-order valence-electron chi connectivity index (χ3n) is 3.28. The summed E-state index contributed by atoms with van der Waals surface area (Å²) < 4.78 is 5.18. The predicted octanol–water partition coefficient (Wildman–Crippen LogP) is 1.09. The van der Waals surface area contributed by atoms with Gasteiger partial charge in [0.2, 0.25) is 5.91 Å². The average molecular weight is 264 g/mol. The highest BCUT2D eigenvalue weighted by Gasteiger charge is 2.32. The van der Waals surface area contributed by atoms with Crippen molar-refractivity contribution in [1.29, 1.82) is 0 Å². The van der Waals surface area contributed by atoms with Crippen LogP contribution in [-0.4, -0.2) is 48.3 Å². The lowest BCUT2D eigenvalue weighted by atomic mass is 10.1. The number of rotatable bonds is 4. The van der Waals surface area contributed by atoms with E-state index in [1.165, 1.54) is 0 Å². The summed E-state index contributed by atoms with van der Waals surface area (Å²) >= 11 is 0. The quantitative estimate of drug-likeness (QED) is 0.854. The van der Waals surface area contributed by atoms with Gasteiger partial charge in [-0.1, -0.05) is 12.1 Å². The first-order valence-corrected chi connectivity index (χ1v) is 6.38. The van der Waals surface area contributed by atoms with Gasteiger partial charge in [0.15, 0.2) is 0 Å². The lowest BCUT2D eigenvalue weighted by Gasteiger charge is -2.18. The highest BCUT2D eigenvalue weighted by Crippen LogP contribution is 2.23. The molecule has 1 fully saturated rings. The number of aliphatic hydroxyl groups is 1. The summed E-state index contributed by atoms with van der Waals surface area (Å²) in [5.74, 6) is 0.548. The summed E-state index contributed by atoms with van der Waals surface area (Å²) in [4.78, 5) is 13.9. The van der Waals surface area contributed by atoms with Crippen LogP contribution >= 0.6 is 0 Å². The molecule has 0 radical (unpaired) electrons. The van der Waals surface area contributed by atoms with Crippen LogP contribution in [0.3, 0.4) is 0 Å². The number of nitrogens with zero attached hydrogens (tertiary/aromatic N) is 1. The molecular formula is C14H20N2O3. The Hall–Kier alpha value is -1.59. The maximum Gasteiger partial charge on any atom is 0.238 e.